The largest absolute Gasteiger partial charge is 0.467 e. The average molecular weight is 268 g/mol. The normalized spacial score (nSPS) is 22.3. The molecule has 1 aromatic heterocycles. The van der Waals surface area contributed by atoms with Crippen molar-refractivity contribution in [3.8, 4) is 12.0 Å². The Bertz CT molecular complexity index is 394. The van der Waals surface area contributed by atoms with Crippen molar-refractivity contribution in [3.05, 3.63) is 0 Å². The van der Waals surface area contributed by atoms with E-state index in [1.807, 2.05) is 0 Å². The van der Waals surface area contributed by atoms with Gasteiger partial charge in [0.1, 0.15) is 0 Å². The Morgan fingerprint density at radius 3 is 2.47 bits per heavy atom. The zero-order chi connectivity index (χ0) is 13.7. The van der Waals surface area contributed by atoms with Gasteiger partial charge >= 0.3 is 12.0 Å². The molecule has 0 radical (unpaired) electrons. The summed E-state index contributed by atoms with van der Waals surface area (Å²) >= 11 is 0. The molecule has 0 amide bonds. The summed E-state index contributed by atoms with van der Waals surface area (Å²) < 4.78 is 15.7. The van der Waals surface area contributed by atoms with E-state index in [1.165, 1.54) is 14.2 Å². The second kappa shape index (κ2) is 6.51. The quantitative estimate of drug-likeness (QED) is 0.828. The molecule has 19 heavy (non-hydrogen) atoms. The van der Waals surface area contributed by atoms with Crippen molar-refractivity contribution >= 4 is 5.95 Å². The molecular formula is C12H20N4O3. The summed E-state index contributed by atoms with van der Waals surface area (Å²) in [5, 5.41) is 3.20. The summed E-state index contributed by atoms with van der Waals surface area (Å²) in [6.07, 6.45) is 2.40. The molecule has 1 aromatic rings. The average Bonchev–Trinajstić information content (AvgIpc) is 2.92. The van der Waals surface area contributed by atoms with Crippen LogP contribution in [-0.2, 0) is 4.74 Å². The fourth-order valence-electron chi connectivity index (χ4n) is 2.20. The summed E-state index contributed by atoms with van der Waals surface area (Å²) in [6.45, 7) is 3.74. The molecule has 1 aliphatic rings. The van der Waals surface area contributed by atoms with Crippen LogP contribution in [0, 0.1) is 5.92 Å². The van der Waals surface area contributed by atoms with E-state index in [0.29, 0.717) is 18.0 Å². The first-order valence-corrected chi connectivity index (χ1v) is 6.46. The maximum Gasteiger partial charge on any atom is 0.324 e. The Labute approximate surface area is 112 Å². The van der Waals surface area contributed by atoms with Crippen molar-refractivity contribution in [1.82, 2.24) is 15.0 Å². The predicted octanol–water partition coefficient (Wildman–Crippen LogP) is 1.12. The first kappa shape index (κ1) is 13.8. The Hall–Kier alpha value is -1.63. The van der Waals surface area contributed by atoms with E-state index in [2.05, 4.69) is 27.2 Å². The molecule has 0 bridgehead atoms. The van der Waals surface area contributed by atoms with Crippen LogP contribution < -0.4 is 14.8 Å². The highest BCUT2D eigenvalue weighted by atomic mass is 16.5. The Morgan fingerprint density at radius 2 is 1.89 bits per heavy atom. The molecule has 2 atom stereocenters. The second-order valence-corrected chi connectivity index (χ2v) is 4.38. The van der Waals surface area contributed by atoms with E-state index in [9.17, 15) is 0 Å². The van der Waals surface area contributed by atoms with Crippen molar-refractivity contribution in [2.75, 3.05) is 32.7 Å². The molecule has 7 nitrogen and oxygen atoms in total. The van der Waals surface area contributed by atoms with Crippen LogP contribution in [0.4, 0.5) is 5.95 Å². The summed E-state index contributed by atoms with van der Waals surface area (Å²) in [5.41, 5.74) is 0. The molecular weight excluding hydrogens is 248 g/mol. The van der Waals surface area contributed by atoms with Crippen LogP contribution in [0.1, 0.15) is 19.8 Å². The van der Waals surface area contributed by atoms with E-state index in [0.717, 1.165) is 26.0 Å². The van der Waals surface area contributed by atoms with Gasteiger partial charge < -0.3 is 19.5 Å². The van der Waals surface area contributed by atoms with Gasteiger partial charge in [0.25, 0.3) is 0 Å². The number of methoxy groups -OCH3 is 2. The van der Waals surface area contributed by atoms with Gasteiger partial charge in [-0.25, -0.2) is 0 Å². The van der Waals surface area contributed by atoms with E-state index in [4.69, 9.17) is 14.2 Å². The lowest BCUT2D eigenvalue weighted by Crippen LogP contribution is -2.23. The Balaban J connectivity index is 1.98. The van der Waals surface area contributed by atoms with Crippen molar-refractivity contribution in [2.45, 2.75) is 25.9 Å². The van der Waals surface area contributed by atoms with Gasteiger partial charge in [-0.1, -0.05) is 6.92 Å². The summed E-state index contributed by atoms with van der Waals surface area (Å²) in [7, 11) is 3.02. The number of ether oxygens (including phenoxy) is 3. The van der Waals surface area contributed by atoms with Crippen LogP contribution in [0.3, 0.4) is 0 Å². The first-order chi connectivity index (χ1) is 9.26. The van der Waals surface area contributed by atoms with Crippen LogP contribution in [0.5, 0.6) is 12.0 Å². The van der Waals surface area contributed by atoms with Gasteiger partial charge in [-0.05, 0) is 12.8 Å². The SMILES string of the molecule is CCC1OCCC1CNc1nc(OC)nc(OC)n1. The maximum absolute atomic E-state index is 5.65. The summed E-state index contributed by atoms with van der Waals surface area (Å²) in [6, 6.07) is 0.480. The van der Waals surface area contributed by atoms with Crippen LogP contribution in [-0.4, -0.2) is 48.4 Å². The lowest BCUT2D eigenvalue weighted by Gasteiger charge is -2.17. The highest BCUT2D eigenvalue weighted by Gasteiger charge is 2.26. The molecule has 0 aliphatic carbocycles. The van der Waals surface area contributed by atoms with E-state index in [1.54, 1.807) is 0 Å². The van der Waals surface area contributed by atoms with Crippen LogP contribution in [0.2, 0.25) is 0 Å². The zero-order valence-corrected chi connectivity index (χ0v) is 11.5. The Morgan fingerprint density at radius 1 is 1.21 bits per heavy atom. The van der Waals surface area contributed by atoms with Crippen molar-refractivity contribution in [1.29, 1.82) is 0 Å². The number of rotatable bonds is 6. The molecule has 7 heteroatoms. The summed E-state index contributed by atoms with van der Waals surface area (Å²) in [4.78, 5) is 12.2. The minimum atomic E-state index is 0.240. The first-order valence-electron chi connectivity index (χ1n) is 6.46. The van der Waals surface area contributed by atoms with Gasteiger partial charge in [0, 0.05) is 19.1 Å². The zero-order valence-electron chi connectivity index (χ0n) is 11.5. The summed E-state index contributed by atoms with van der Waals surface area (Å²) in [5.74, 6) is 0.948. The number of hydrogen-bond donors (Lipinski definition) is 1. The minimum absolute atomic E-state index is 0.240. The van der Waals surface area contributed by atoms with Gasteiger partial charge in [-0.15, -0.1) is 4.98 Å². The third-order valence-electron chi connectivity index (χ3n) is 3.23. The van der Waals surface area contributed by atoms with Crippen LogP contribution in [0.25, 0.3) is 0 Å². The number of anilines is 1. The molecule has 2 heterocycles. The second-order valence-electron chi connectivity index (χ2n) is 4.38. The molecule has 0 aromatic carbocycles. The van der Waals surface area contributed by atoms with Gasteiger partial charge in [0.15, 0.2) is 0 Å². The van der Waals surface area contributed by atoms with E-state index >= 15 is 0 Å². The molecule has 1 fully saturated rings. The van der Waals surface area contributed by atoms with Crippen molar-refractivity contribution in [2.24, 2.45) is 5.92 Å². The van der Waals surface area contributed by atoms with Crippen molar-refractivity contribution in [3.63, 3.8) is 0 Å². The van der Waals surface area contributed by atoms with Crippen LogP contribution >= 0.6 is 0 Å². The van der Waals surface area contributed by atoms with Gasteiger partial charge in [-0.2, -0.15) is 9.97 Å². The predicted molar refractivity (Wildman–Crippen MR) is 69.6 cm³/mol. The topological polar surface area (TPSA) is 78.4 Å². The number of hydrogen-bond acceptors (Lipinski definition) is 7. The monoisotopic (exact) mass is 268 g/mol. The lowest BCUT2D eigenvalue weighted by atomic mass is 10.00. The van der Waals surface area contributed by atoms with Gasteiger partial charge in [0.2, 0.25) is 5.95 Å². The minimum Gasteiger partial charge on any atom is -0.467 e. The molecule has 1 N–H and O–H groups in total. The molecule has 1 saturated heterocycles. The van der Waals surface area contributed by atoms with Crippen molar-refractivity contribution < 1.29 is 14.2 Å². The number of nitrogens with one attached hydrogen (secondary N) is 1. The smallest absolute Gasteiger partial charge is 0.324 e. The molecule has 2 rings (SSSR count). The molecule has 1 aliphatic heterocycles. The van der Waals surface area contributed by atoms with E-state index < -0.39 is 0 Å². The van der Waals surface area contributed by atoms with Gasteiger partial charge in [-0.3, -0.25) is 0 Å². The molecule has 106 valence electrons. The van der Waals surface area contributed by atoms with E-state index in [-0.39, 0.29) is 12.0 Å². The third kappa shape index (κ3) is 3.44. The number of aromatic nitrogens is 3. The fraction of sp³-hybridized carbons (Fsp3) is 0.750. The van der Waals surface area contributed by atoms with Crippen LogP contribution in [0.15, 0.2) is 0 Å². The maximum atomic E-state index is 5.65. The number of nitrogens with zero attached hydrogens (tertiary/aromatic N) is 3. The molecule has 2 unspecified atom stereocenters. The van der Waals surface area contributed by atoms with Gasteiger partial charge in [0.05, 0.1) is 20.3 Å². The lowest BCUT2D eigenvalue weighted by molar-refractivity contribution is 0.0900. The standard InChI is InChI=1S/C12H20N4O3/c1-4-9-8(5-6-19-9)7-13-10-14-11(17-2)16-12(15-10)18-3/h8-9H,4-7H2,1-3H3,(H,13,14,15,16). The molecule has 0 saturated carbocycles. The Kier molecular flexibility index (Phi) is 4.73. The highest BCUT2D eigenvalue weighted by Crippen LogP contribution is 2.23. The third-order valence-corrected chi connectivity index (χ3v) is 3.23. The molecule has 0 spiro atoms. The highest BCUT2D eigenvalue weighted by molar-refractivity contribution is 5.27. The fourth-order valence-corrected chi connectivity index (χ4v) is 2.20.